The van der Waals surface area contributed by atoms with Crippen LogP contribution in [0, 0.1) is 5.92 Å². The molecule has 1 N–H and O–H groups in total. The largest absolute Gasteiger partial charge is 0.451 e. The molecule has 4 nitrogen and oxygen atoms in total. The Hall–Kier alpha value is -3.11. The number of esters is 1. The fourth-order valence-electron chi connectivity index (χ4n) is 3.79. The fourth-order valence-corrected chi connectivity index (χ4v) is 4.01. The Morgan fingerprint density at radius 1 is 0.867 bits per heavy atom. The molecule has 0 unspecified atom stereocenters. The lowest BCUT2D eigenvalue weighted by molar-refractivity contribution is -0.150. The monoisotopic (exact) mass is 419 g/mol. The van der Waals surface area contributed by atoms with Gasteiger partial charge in [0, 0.05) is 11.1 Å². The first kappa shape index (κ1) is 20.2. The van der Waals surface area contributed by atoms with E-state index in [2.05, 4.69) is 5.32 Å². The third kappa shape index (κ3) is 3.71. The predicted octanol–water partition coefficient (Wildman–Crippen LogP) is 5.41. The highest BCUT2D eigenvalue weighted by atomic mass is 35.5. The number of carbonyl (C=O) groups excluding carboxylic acids is 2. The quantitative estimate of drug-likeness (QED) is 0.563. The molecule has 0 saturated heterocycles. The first-order chi connectivity index (χ1) is 14.5. The van der Waals surface area contributed by atoms with E-state index >= 15 is 0 Å². The Labute approximate surface area is 180 Å². The zero-order valence-corrected chi connectivity index (χ0v) is 17.5. The van der Waals surface area contributed by atoms with Gasteiger partial charge in [0.2, 0.25) is 0 Å². The molecule has 0 bridgehead atoms. The van der Waals surface area contributed by atoms with Crippen LogP contribution in [0.5, 0.6) is 0 Å². The molecule has 30 heavy (non-hydrogen) atoms. The number of hydrogen-bond donors (Lipinski definition) is 1. The summed E-state index contributed by atoms with van der Waals surface area (Å²) in [6, 6.07) is 21.8. The summed E-state index contributed by atoms with van der Waals surface area (Å²) < 4.78 is 5.97. The van der Waals surface area contributed by atoms with Crippen LogP contribution in [-0.4, -0.2) is 17.9 Å². The van der Waals surface area contributed by atoms with Gasteiger partial charge in [-0.2, -0.15) is 0 Å². The van der Waals surface area contributed by atoms with Crippen molar-refractivity contribution in [1.82, 2.24) is 5.32 Å². The second kappa shape index (κ2) is 8.33. The van der Waals surface area contributed by atoms with Gasteiger partial charge in [0.25, 0.3) is 5.91 Å². The Bertz CT molecular complexity index is 1060. The number of amides is 1. The smallest absolute Gasteiger partial charge is 0.329 e. The summed E-state index contributed by atoms with van der Waals surface area (Å²) in [7, 11) is 0. The summed E-state index contributed by atoms with van der Waals surface area (Å²) in [6.07, 6.45) is -0.497. The molecule has 0 spiro atoms. The molecular formula is C25H22ClNO3. The summed E-state index contributed by atoms with van der Waals surface area (Å²) in [5.41, 5.74) is 4.35. The van der Waals surface area contributed by atoms with Crippen molar-refractivity contribution in [2.24, 2.45) is 5.92 Å². The minimum absolute atomic E-state index is 0.157. The Morgan fingerprint density at radius 3 is 1.97 bits per heavy atom. The summed E-state index contributed by atoms with van der Waals surface area (Å²) in [5, 5.41) is 3.13. The molecule has 0 heterocycles. The minimum atomic E-state index is -0.798. The van der Waals surface area contributed by atoms with Crippen molar-refractivity contribution in [3.05, 3.63) is 94.5 Å². The van der Waals surface area contributed by atoms with Crippen molar-refractivity contribution in [2.75, 3.05) is 0 Å². The van der Waals surface area contributed by atoms with Crippen LogP contribution in [0.2, 0.25) is 5.02 Å². The Balaban J connectivity index is 1.59. The van der Waals surface area contributed by atoms with E-state index in [1.165, 1.54) is 0 Å². The Kier molecular flexibility index (Phi) is 5.60. The summed E-state index contributed by atoms with van der Waals surface area (Å²) >= 11 is 6.13. The third-order valence-corrected chi connectivity index (χ3v) is 5.67. The number of carbonyl (C=O) groups is 2. The van der Waals surface area contributed by atoms with Crippen LogP contribution < -0.4 is 5.32 Å². The number of benzene rings is 3. The topological polar surface area (TPSA) is 55.4 Å². The molecule has 3 aromatic rings. The van der Waals surface area contributed by atoms with Crippen LogP contribution >= 0.6 is 11.6 Å². The molecule has 3 aromatic carbocycles. The maximum Gasteiger partial charge on any atom is 0.329 e. The van der Waals surface area contributed by atoms with Crippen molar-refractivity contribution in [3.63, 3.8) is 0 Å². The highest BCUT2D eigenvalue weighted by Crippen LogP contribution is 2.45. The molecule has 4 rings (SSSR count). The number of nitrogens with one attached hydrogen (secondary N) is 1. The van der Waals surface area contributed by atoms with Gasteiger partial charge < -0.3 is 10.1 Å². The molecule has 0 fully saturated rings. The van der Waals surface area contributed by atoms with Gasteiger partial charge in [0.15, 0.2) is 6.10 Å². The van der Waals surface area contributed by atoms with Crippen LogP contribution in [0.3, 0.4) is 0 Å². The van der Waals surface area contributed by atoms with E-state index < -0.39 is 24.0 Å². The van der Waals surface area contributed by atoms with Gasteiger partial charge in [-0.3, -0.25) is 4.79 Å². The standard InChI is InChI=1S/C25H22ClNO3/c1-15(2)22(27-24(28)20-13-7-8-14-21(20)26)25(29)30-23-18-11-5-3-9-16(18)17-10-4-6-12-19(17)23/h3-15,22-23H,1-2H3,(H,27,28)/t22-/m0/s1. The fraction of sp³-hybridized carbons (Fsp3) is 0.200. The van der Waals surface area contributed by atoms with Gasteiger partial charge >= 0.3 is 5.97 Å². The van der Waals surface area contributed by atoms with E-state index in [4.69, 9.17) is 16.3 Å². The molecule has 5 heteroatoms. The predicted molar refractivity (Wildman–Crippen MR) is 117 cm³/mol. The molecule has 1 amide bonds. The van der Waals surface area contributed by atoms with Gasteiger partial charge in [0.1, 0.15) is 6.04 Å². The molecule has 1 atom stereocenters. The molecule has 0 saturated carbocycles. The maximum atomic E-state index is 13.1. The van der Waals surface area contributed by atoms with Crippen molar-refractivity contribution in [3.8, 4) is 11.1 Å². The average molecular weight is 420 g/mol. The Morgan fingerprint density at radius 2 is 1.40 bits per heavy atom. The number of ether oxygens (including phenoxy) is 1. The SMILES string of the molecule is CC(C)[C@H](NC(=O)c1ccccc1Cl)C(=O)OC1c2ccccc2-c2ccccc21. The van der Waals surface area contributed by atoms with E-state index in [1.807, 2.05) is 62.4 Å². The van der Waals surface area contributed by atoms with Gasteiger partial charge in [0.05, 0.1) is 10.6 Å². The first-order valence-electron chi connectivity index (χ1n) is 9.91. The lowest BCUT2D eigenvalue weighted by atomic mass is 10.0. The van der Waals surface area contributed by atoms with Gasteiger partial charge in [-0.15, -0.1) is 0 Å². The van der Waals surface area contributed by atoms with E-state index in [9.17, 15) is 9.59 Å². The van der Waals surface area contributed by atoms with Crippen molar-refractivity contribution in [2.45, 2.75) is 26.0 Å². The van der Waals surface area contributed by atoms with Gasteiger partial charge in [-0.25, -0.2) is 4.79 Å². The van der Waals surface area contributed by atoms with E-state index in [0.717, 1.165) is 22.3 Å². The first-order valence-corrected chi connectivity index (χ1v) is 10.3. The summed E-state index contributed by atoms with van der Waals surface area (Å²) in [4.78, 5) is 25.9. The molecule has 0 radical (unpaired) electrons. The zero-order chi connectivity index (χ0) is 21.3. The lowest BCUT2D eigenvalue weighted by Crippen LogP contribution is -2.45. The number of fused-ring (bicyclic) bond motifs is 3. The van der Waals surface area contributed by atoms with E-state index in [0.29, 0.717) is 10.6 Å². The van der Waals surface area contributed by atoms with Crippen LogP contribution in [0.4, 0.5) is 0 Å². The number of halogens is 1. The summed E-state index contributed by atoms with van der Waals surface area (Å²) in [6.45, 7) is 3.74. The maximum absolute atomic E-state index is 13.1. The van der Waals surface area contributed by atoms with Crippen LogP contribution in [0.1, 0.15) is 41.4 Å². The average Bonchev–Trinajstić information content (AvgIpc) is 3.06. The molecule has 1 aliphatic rings. The minimum Gasteiger partial charge on any atom is -0.451 e. The second-order valence-corrected chi connectivity index (χ2v) is 8.07. The van der Waals surface area contributed by atoms with E-state index in [-0.39, 0.29) is 5.92 Å². The van der Waals surface area contributed by atoms with Crippen LogP contribution in [0.25, 0.3) is 11.1 Å². The third-order valence-electron chi connectivity index (χ3n) is 5.34. The zero-order valence-electron chi connectivity index (χ0n) is 16.8. The van der Waals surface area contributed by atoms with Gasteiger partial charge in [-0.1, -0.05) is 86.1 Å². The van der Waals surface area contributed by atoms with Crippen LogP contribution in [0.15, 0.2) is 72.8 Å². The number of rotatable bonds is 5. The van der Waals surface area contributed by atoms with Gasteiger partial charge in [-0.05, 0) is 29.2 Å². The normalized spacial score (nSPS) is 13.5. The molecule has 0 aliphatic heterocycles. The number of hydrogen-bond acceptors (Lipinski definition) is 3. The lowest BCUT2D eigenvalue weighted by Gasteiger charge is -2.24. The van der Waals surface area contributed by atoms with Crippen molar-refractivity contribution in [1.29, 1.82) is 0 Å². The summed E-state index contributed by atoms with van der Waals surface area (Å²) in [5.74, 6) is -1.03. The molecule has 152 valence electrons. The van der Waals surface area contributed by atoms with Crippen molar-refractivity contribution >= 4 is 23.5 Å². The molecular weight excluding hydrogens is 398 g/mol. The highest BCUT2D eigenvalue weighted by molar-refractivity contribution is 6.33. The van der Waals surface area contributed by atoms with Crippen molar-refractivity contribution < 1.29 is 14.3 Å². The molecule has 1 aliphatic carbocycles. The molecule has 0 aromatic heterocycles. The second-order valence-electron chi connectivity index (χ2n) is 7.67. The highest BCUT2D eigenvalue weighted by Gasteiger charge is 2.34. The van der Waals surface area contributed by atoms with E-state index in [1.54, 1.807) is 24.3 Å². The van der Waals surface area contributed by atoms with Crippen LogP contribution in [-0.2, 0) is 9.53 Å².